The number of methoxy groups -OCH3 is 2. The predicted molar refractivity (Wildman–Crippen MR) is 155 cm³/mol. The summed E-state index contributed by atoms with van der Waals surface area (Å²) in [4.78, 5) is 27.6. The lowest BCUT2D eigenvalue weighted by atomic mass is 9.91. The molecule has 216 valence electrons. The van der Waals surface area contributed by atoms with E-state index in [1.807, 2.05) is 58.9 Å². The Balaban J connectivity index is 1.75. The summed E-state index contributed by atoms with van der Waals surface area (Å²) in [5.41, 5.74) is 10.1. The summed E-state index contributed by atoms with van der Waals surface area (Å²) in [6.45, 7) is 11.6. The summed E-state index contributed by atoms with van der Waals surface area (Å²) in [6, 6.07) is 9.45. The van der Waals surface area contributed by atoms with Crippen LogP contribution in [0.15, 0.2) is 36.5 Å². The number of aromatic nitrogens is 1. The highest BCUT2D eigenvalue weighted by molar-refractivity contribution is 5.96. The summed E-state index contributed by atoms with van der Waals surface area (Å²) in [7, 11) is 3.01. The lowest BCUT2D eigenvalue weighted by molar-refractivity contribution is -0.0138. The third-order valence-electron chi connectivity index (χ3n) is 7.33. The second-order valence-electron chi connectivity index (χ2n) is 11.2. The zero-order chi connectivity index (χ0) is 29.2. The molecule has 0 amide bonds. The molecule has 0 bridgehead atoms. The molecule has 1 aliphatic heterocycles. The maximum Gasteiger partial charge on any atom is 0.419 e. The van der Waals surface area contributed by atoms with Gasteiger partial charge in [-0.1, -0.05) is 6.07 Å². The maximum atomic E-state index is 13.0. The summed E-state index contributed by atoms with van der Waals surface area (Å²) >= 11 is 0. The third-order valence-corrected chi connectivity index (χ3v) is 7.33. The molecular formula is C31H41N3O6. The van der Waals surface area contributed by atoms with Gasteiger partial charge in [-0.15, -0.1) is 0 Å². The highest BCUT2D eigenvalue weighted by Gasteiger charge is 2.32. The van der Waals surface area contributed by atoms with Crippen molar-refractivity contribution >= 4 is 28.7 Å². The Kier molecular flexibility index (Phi) is 8.75. The molecule has 1 fully saturated rings. The van der Waals surface area contributed by atoms with Crippen LogP contribution in [0.25, 0.3) is 10.9 Å². The highest BCUT2D eigenvalue weighted by atomic mass is 16.6. The van der Waals surface area contributed by atoms with Gasteiger partial charge in [-0.05, 0) is 82.9 Å². The van der Waals surface area contributed by atoms with Gasteiger partial charge in [-0.2, -0.15) is 0 Å². The number of benzene rings is 2. The first kappa shape index (κ1) is 29.4. The van der Waals surface area contributed by atoms with Gasteiger partial charge in [0.1, 0.15) is 11.4 Å². The van der Waals surface area contributed by atoms with Crippen LogP contribution < -0.4 is 10.5 Å². The Morgan fingerprint density at radius 2 is 1.88 bits per heavy atom. The number of fused-ring (bicyclic) bond motifs is 1. The maximum absolute atomic E-state index is 13.0. The van der Waals surface area contributed by atoms with Gasteiger partial charge >= 0.3 is 12.1 Å². The van der Waals surface area contributed by atoms with Crippen molar-refractivity contribution in [2.75, 3.05) is 33.1 Å². The Morgan fingerprint density at radius 1 is 1.12 bits per heavy atom. The van der Waals surface area contributed by atoms with Crippen LogP contribution in [-0.4, -0.2) is 60.6 Å². The monoisotopic (exact) mass is 551 g/mol. The van der Waals surface area contributed by atoms with Crippen molar-refractivity contribution in [3.8, 4) is 5.75 Å². The Hall–Kier alpha value is -3.56. The SMILES string of the molecule is CCOC1CCN(Cc2c(OC)cc(C)c3c2ccn3C(=O)OC(C)(C)C)C(c2ccc(C(=O)OC)c(N)c2)C1. The first-order valence-electron chi connectivity index (χ1n) is 13.7. The number of aryl methyl sites for hydroxylation is 1. The van der Waals surface area contributed by atoms with Crippen LogP contribution in [0.2, 0.25) is 0 Å². The van der Waals surface area contributed by atoms with Crippen molar-refractivity contribution in [1.82, 2.24) is 9.47 Å². The van der Waals surface area contributed by atoms with Crippen molar-refractivity contribution in [3.63, 3.8) is 0 Å². The highest BCUT2D eigenvalue weighted by Crippen LogP contribution is 2.39. The Morgan fingerprint density at radius 3 is 2.50 bits per heavy atom. The number of nitrogen functional groups attached to an aromatic ring is 1. The normalized spacial score (nSPS) is 18.1. The van der Waals surface area contributed by atoms with Gasteiger partial charge < -0.3 is 24.7 Å². The van der Waals surface area contributed by atoms with Crippen LogP contribution in [-0.2, 0) is 20.8 Å². The molecule has 2 unspecified atom stereocenters. The van der Waals surface area contributed by atoms with Crippen molar-refractivity contribution in [3.05, 3.63) is 58.8 Å². The summed E-state index contributed by atoms with van der Waals surface area (Å²) in [5, 5.41) is 0.939. The molecular weight excluding hydrogens is 510 g/mol. The van der Waals surface area contributed by atoms with Gasteiger partial charge in [-0.3, -0.25) is 9.47 Å². The minimum absolute atomic E-state index is 0.00621. The summed E-state index contributed by atoms with van der Waals surface area (Å²) in [5.74, 6) is 0.302. The zero-order valence-electron chi connectivity index (χ0n) is 24.6. The Labute approximate surface area is 236 Å². The standard InChI is InChI=1S/C31H41N3O6/c1-8-39-21-11-13-33(26(17-21)20-9-10-23(25(32)16-20)29(35)38-7)18-24-22-12-14-34(30(36)40-31(3,4)5)28(22)19(2)15-27(24)37-6/h9-10,12,14-16,21,26H,8,11,13,17-18,32H2,1-7H3. The van der Waals surface area contributed by atoms with E-state index in [1.54, 1.807) is 23.9 Å². The number of rotatable bonds is 7. The van der Waals surface area contributed by atoms with Crippen LogP contribution in [0.5, 0.6) is 5.75 Å². The van der Waals surface area contributed by atoms with Crippen LogP contribution in [0.3, 0.4) is 0 Å². The van der Waals surface area contributed by atoms with E-state index >= 15 is 0 Å². The number of piperidine rings is 1. The van der Waals surface area contributed by atoms with E-state index in [0.717, 1.165) is 52.7 Å². The summed E-state index contributed by atoms with van der Waals surface area (Å²) in [6.07, 6.45) is 3.12. The van der Waals surface area contributed by atoms with Crippen LogP contribution >= 0.6 is 0 Å². The molecule has 3 aromatic rings. The molecule has 9 heteroatoms. The predicted octanol–water partition coefficient (Wildman–Crippen LogP) is 5.85. The van der Waals surface area contributed by atoms with E-state index in [-0.39, 0.29) is 12.1 Å². The number of nitrogens with zero attached hydrogens (tertiary/aromatic N) is 2. The number of hydrogen-bond acceptors (Lipinski definition) is 8. The van der Waals surface area contributed by atoms with E-state index in [1.165, 1.54) is 7.11 Å². The minimum atomic E-state index is -0.611. The second-order valence-corrected chi connectivity index (χ2v) is 11.2. The molecule has 40 heavy (non-hydrogen) atoms. The number of nitrogens with two attached hydrogens (primary N) is 1. The quantitative estimate of drug-likeness (QED) is 0.288. The molecule has 9 nitrogen and oxygen atoms in total. The van der Waals surface area contributed by atoms with Crippen molar-refractivity contribution in [2.45, 2.75) is 71.8 Å². The molecule has 2 N–H and O–H groups in total. The molecule has 1 aromatic heterocycles. The average Bonchev–Trinajstić information content (AvgIpc) is 3.36. The fourth-order valence-corrected chi connectivity index (χ4v) is 5.56. The number of esters is 1. The average molecular weight is 552 g/mol. The Bertz CT molecular complexity index is 1390. The topological polar surface area (TPSA) is 105 Å². The number of carbonyl (C=O) groups excluding carboxylic acids is 2. The largest absolute Gasteiger partial charge is 0.496 e. The number of carbonyl (C=O) groups is 2. The van der Waals surface area contributed by atoms with Crippen LogP contribution in [0, 0.1) is 6.92 Å². The van der Waals surface area contributed by atoms with Gasteiger partial charge in [-0.25, -0.2) is 9.59 Å². The van der Waals surface area contributed by atoms with E-state index in [4.69, 9.17) is 24.7 Å². The van der Waals surface area contributed by atoms with E-state index < -0.39 is 17.7 Å². The first-order valence-corrected chi connectivity index (χ1v) is 13.7. The number of likely N-dealkylation sites (tertiary alicyclic amines) is 1. The van der Waals surface area contributed by atoms with Gasteiger partial charge in [0.05, 0.1) is 31.4 Å². The number of anilines is 1. The number of hydrogen-bond donors (Lipinski definition) is 1. The van der Waals surface area contributed by atoms with Gasteiger partial charge in [0.15, 0.2) is 0 Å². The van der Waals surface area contributed by atoms with Crippen LogP contribution in [0.1, 0.15) is 73.6 Å². The fourth-order valence-electron chi connectivity index (χ4n) is 5.56. The molecule has 0 aliphatic carbocycles. The van der Waals surface area contributed by atoms with Crippen molar-refractivity contribution < 1.29 is 28.5 Å². The van der Waals surface area contributed by atoms with E-state index in [9.17, 15) is 9.59 Å². The molecule has 0 radical (unpaired) electrons. The van der Waals surface area contributed by atoms with Gasteiger partial charge in [0.25, 0.3) is 0 Å². The third kappa shape index (κ3) is 6.10. The molecule has 1 saturated heterocycles. The van der Waals surface area contributed by atoms with Crippen LogP contribution in [0.4, 0.5) is 10.5 Å². The fraction of sp³-hybridized carbons (Fsp3) is 0.484. The first-order chi connectivity index (χ1) is 19.0. The molecule has 1 aliphatic rings. The van der Waals surface area contributed by atoms with Gasteiger partial charge in [0.2, 0.25) is 0 Å². The molecule has 0 spiro atoms. The van der Waals surface area contributed by atoms with Gasteiger partial charge in [0, 0.05) is 48.6 Å². The lowest BCUT2D eigenvalue weighted by Gasteiger charge is -2.40. The molecule has 2 heterocycles. The zero-order valence-corrected chi connectivity index (χ0v) is 24.6. The smallest absolute Gasteiger partial charge is 0.419 e. The minimum Gasteiger partial charge on any atom is -0.496 e. The molecule has 2 aromatic carbocycles. The number of ether oxygens (including phenoxy) is 4. The van der Waals surface area contributed by atoms with Crippen molar-refractivity contribution in [1.29, 1.82) is 0 Å². The molecule has 4 rings (SSSR count). The second kappa shape index (κ2) is 11.9. The van der Waals surface area contributed by atoms with E-state index in [0.29, 0.717) is 24.4 Å². The van der Waals surface area contributed by atoms with E-state index in [2.05, 4.69) is 4.90 Å². The molecule has 0 saturated carbocycles. The lowest BCUT2D eigenvalue weighted by Crippen LogP contribution is -2.39. The summed E-state index contributed by atoms with van der Waals surface area (Å²) < 4.78 is 24.0. The molecule has 2 atom stereocenters. The van der Waals surface area contributed by atoms with Crippen molar-refractivity contribution in [2.24, 2.45) is 0 Å².